The van der Waals surface area contributed by atoms with Crippen molar-refractivity contribution in [2.24, 2.45) is 5.73 Å². The predicted molar refractivity (Wildman–Crippen MR) is 52.5 cm³/mol. The van der Waals surface area contributed by atoms with Crippen molar-refractivity contribution in [2.45, 2.75) is 32.2 Å². The minimum Gasteiger partial charge on any atom is -0.338 e. The molecule has 76 valence electrons. The number of nitrogens with zero attached hydrogens (tertiary/aromatic N) is 1. The lowest BCUT2D eigenvalue weighted by Gasteiger charge is -2.30. The maximum Gasteiger partial charge on any atom is 0.317 e. The Morgan fingerprint density at radius 3 is 3.08 bits per heavy atom. The third-order valence-corrected chi connectivity index (χ3v) is 2.27. The number of hydrogen-bond donors (Lipinski definition) is 2. The Labute approximate surface area is 79.5 Å². The fourth-order valence-corrected chi connectivity index (χ4v) is 1.54. The minimum absolute atomic E-state index is 0.0389. The van der Waals surface area contributed by atoms with Crippen molar-refractivity contribution in [1.82, 2.24) is 10.2 Å². The first-order valence-electron chi connectivity index (χ1n) is 5.02. The molecule has 0 aromatic carbocycles. The number of urea groups is 1. The van der Waals surface area contributed by atoms with Gasteiger partial charge in [0.1, 0.15) is 0 Å². The first kappa shape index (κ1) is 10.3. The second-order valence-corrected chi connectivity index (χ2v) is 3.58. The SMILES string of the molecule is CCCNC(=O)N1CCC[C@@H](N)C1. The number of hydrogen-bond acceptors (Lipinski definition) is 2. The smallest absolute Gasteiger partial charge is 0.317 e. The van der Waals surface area contributed by atoms with Crippen molar-refractivity contribution < 1.29 is 4.79 Å². The van der Waals surface area contributed by atoms with Crippen molar-refractivity contribution in [3.05, 3.63) is 0 Å². The van der Waals surface area contributed by atoms with E-state index in [0.29, 0.717) is 6.54 Å². The average molecular weight is 185 g/mol. The molecular weight excluding hydrogens is 166 g/mol. The normalized spacial score (nSPS) is 22.9. The topological polar surface area (TPSA) is 58.4 Å². The Bertz CT molecular complexity index is 172. The van der Waals surface area contributed by atoms with Gasteiger partial charge in [0, 0.05) is 25.7 Å². The van der Waals surface area contributed by atoms with Gasteiger partial charge in [-0.15, -0.1) is 0 Å². The van der Waals surface area contributed by atoms with E-state index >= 15 is 0 Å². The van der Waals surface area contributed by atoms with Gasteiger partial charge < -0.3 is 16.0 Å². The summed E-state index contributed by atoms with van der Waals surface area (Å²) in [5.41, 5.74) is 5.77. The van der Waals surface area contributed by atoms with Crippen LogP contribution in [0.4, 0.5) is 4.79 Å². The fourth-order valence-electron chi connectivity index (χ4n) is 1.54. The van der Waals surface area contributed by atoms with Crippen molar-refractivity contribution in [3.63, 3.8) is 0 Å². The van der Waals surface area contributed by atoms with E-state index in [4.69, 9.17) is 5.73 Å². The maximum atomic E-state index is 11.5. The van der Waals surface area contributed by atoms with Crippen LogP contribution in [0.25, 0.3) is 0 Å². The molecule has 0 aliphatic carbocycles. The molecule has 1 fully saturated rings. The van der Waals surface area contributed by atoms with Crippen LogP contribution in [0.1, 0.15) is 26.2 Å². The van der Waals surface area contributed by atoms with Gasteiger partial charge in [-0.3, -0.25) is 0 Å². The van der Waals surface area contributed by atoms with E-state index in [1.165, 1.54) is 0 Å². The molecule has 1 aliphatic rings. The standard InChI is InChI=1S/C9H19N3O/c1-2-5-11-9(13)12-6-3-4-8(10)7-12/h8H,2-7,10H2,1H3,(H,11,13)/t8-/m1/s1. The summed E-state index contributed by atoms with van der Waals surface area (Å²) in [5, 5.41) is 2.85. The van der Waals surface area contributed by atoms with Crippen LogP contribution in [0.2, 0.25) is 0 Å². The summed E-state index contributed by atoms with van der Waals surface area (Å²) in [6, 6.07) is 0.207. The van der Waals surface area contributed by atoms with Crippen molar-refractivity contribution in [3.8, 4) is 0 Å². The summed E-state index contributed by atoms with van der Waals surface area (Å²) < 4.78 is 0. The summed E-state index contributed by atoms with van der Waals surface area (Å²) >= 11 is 0. The maximum absolute atomic E-state index is 11.5. The van der Waals surface area contributed by atoms with Gasteiger partial charge in [0.2, 0.25) is 0 Å². The lowest BCUT2D eigenvalue weighted by atomic mass is 10.1. The van der Waals surface area contributed by atoms with Gasteiger partial charge in [0.05, 0.1) is 0 Å². The first-order chi connectivity index (χ1) is 6.24. The highest BCUT2D eigenvalue weighted by molar-refractivity contribution is 5.74. The van der Waals surface area contributed by atoms with Crippen LogP contribution in [-0.2, 0) is 0 Å². The Morgan fingerprint density at radius 1 is 1.69 bits per heavy atom. The van der Waals surface area contributed by atoms with E-state index in [0.717, 1.165) is 32.4 Å². The molecule has 0 spiro atoms. The largest absolute Gasteiger partial charge is 0.338 e. The molecule has 4 heteroatoms. The molecule has 0 unspecified atom stereocenters. The number of rotatable bonds is 2. The summed E-state index contributed by atoms with van der Waals surface area (Å²) in [7, 11) is 0. The number of nitrogens with one attached hydrogen (secondary N) is 1. The minimum atomic E-state index is 0.0389. The number of likely N-dealkylation sites (tertiary alicyclic amines) is 1. The van der Waals surface area contributed by atoms with E-state index in [1.54, 1.807) is 0 Å². The highest BCUT2D eigenvalue weighted by Gasteiger charge is 2.20. The first-order valence-corrected chi connectivity index (χ1v) is 5.02. The summed E-state index contributed by atoms with van der Waals surface area (Å²) in [6.07, 6.45) is 3.05. The molecular formula is C9H19N3O. The molecule has 1 saturated heterocycles. The van der Waals surface area contributed by atoms with E-state index in [1.807, 2.05) is 11.8 Å². The van der Waals surface area contributed by atoms with Crippen LogP contribution in [0.3, 0.4) is 0 Å². The number of carbonyl (C=O) groups excluding carboxylic acids is 1. The Balaban J connectivity index is 2.28. The molecule has 1 aliphatic heterocycles. The monoisotopic (exact) mass is 185 g/mol. The van der Waals surface area contributed by atoms with Gasteiger partial charge in [0.25, 0.3) is 0 Å². The van der Waals surface area contributed by atoms with Crippen molar-refractivity contribution in [2.75, 3.05) is 19.6 Å². The van der Waals surface area contributed by atoms with Gasteiger partial charge in [0.15, 0.2) is 0 Å². The molecule has 3 N–H and O–H groups in total. The lowest BCUT2D eigenvalue weighted by molar-refractivity contribution is 0.180. The summed E-state index contributed by atoms with van der Waals surface area (Å²) in [5.74, 6) is 0. The zero-order chi connectivity index (χ0) is 9.68. The summed E-state index contributed by atoms with van der Waals surface area (Å²) in [6.45, 7) is 4.35. The van der Waals surface area contributed by atoms with Crippen LogP contribution in [-0.4, -0.2) is 36.6 Å². The van der Waals surface area contributed by atoms with Crippen LogP contribution < -0.4 is 11.1 Å². The van der Waals surface area contributed by atoms with E-state index in [2.05, 4.69) is 5.32 Å². The third-order valence-electron chi connectivity index (χ3n) is 2.27. The molecule has 2 amide bonds. The predicted octanol–water partition coefficient (Wildman–Crippen LogP) is 0.529. The number of carbonyl (C=O) groups is 1. The number of amides is 2. The summed E-state index contributed by atoms with van der Waals surface area (Å²) in [4.78, 5) is 13.3. The van der Waals surface area contributed by atoms with Crippen LogP contribution in [0, 0.1) is 0 Å². The van der Waals surface area contributed by atoms with E-state index < -0.39 is 0 Å². The van der Waals surface area contributed by atoms with Crippen molar-refractivity contribution in [1.29, 1.82) is 0 Å². The highest BCUT2D eigenvalue weighted by atomic mass is 16.2. The zero-order valence-electron chi connectivity index (χ0n) is 8.25. The molecule has 13 heavy (non-hydrogen) atoms. The van der Waals surface area contributed by atoms with Gasteiger partial charge in [-0.2, -0.15) is 0 Å². The fraction of sp³-hybridized carbons (Fsp3) is 0.889. The number of nitrogens with two attached hydrogens (primary N) is 1. The van der Waals surface area contributed by atoms with Gasteiger partial charge >= 0.3 is 6.03 Å². The molecule has 0 saturated carbocycles. The molecule has 0 aromatic heterocycles. The van der Waals surface area contributed by atoms with Gasteiger partial charge in [-0.1, -0.05) is 6.92 Å². The van der Waals surface area contributed by atoms with Crippen LogP contribution in [0.15, 0.2) is 0 Å². The molecule has 1 rings (SSSR count). The Kier molecular flexibility index (Phi) is 4.02. The van der Waals surface area contributed by atoms with Gasteiger partial charge in [-0.25, -0.2) is 4.79 Å². The molecule has 1 atom stereocenters. The van der Waals surface area contributed by atoms with E-state index in [9.17, 15) is 4.79 Å². The molecule has 0 bridgehead atoms. The zero-order valence-corrected chi connectivity index (χ0v) is 8.25. The second kappa shape index (κ2) is 5.07. The molecule has 4 nitrogen and oxygen atoms in total. The highest BCUT2D eigenvalue weighted by Crippen LogP contribution is 2.07. The average Bonchev–Trinajstić information content (AvgIpc) is 2.14. The quantitative estimate of drug-likeness (QED) is 0.659. The van der Waals surface area contributed by atoms with Gasteiger partial charge in [-0.05, 0) is 19.3 Å². The molecule has 0 radical (unpaired) electrons. The van der Waals surface area contributed by atoms with Crippen LogP contribution in [0.5, 0.6) is 0 Å². The molecule has 0 aromatic rings. The second-order valence-electron chi connectivity index (χ2n) is 3.58. The third kappa shape index (κ3) is 3.22. The van der Waals surface area contributed by atoms with E-state index in [-0.39, 0.29) is 12.1 Å². The Hall–Kier alpha value is -0.770. The Morgan fingerprint density at radius 2 is 2.46 bits per heavy atom. The lowest BCUT2D eigenvalue weighted by Crippen LogP contribution is -2.49. The van der Waals surface area contributed by atoms with Crippen molar-refractivity contribution >= 4 is 6.03 Å². The van der Waals surface area contributed by atoms with Crippen LogP contribution >= 0.6 is 0 Å². The number of piperidine rings is 1. The molecule has 1 heterocycles.